The predicted molar refractivity (Wildman–Crippen MR) is 226 cm³/mol. The maximum Gasteiger partial charge on any atom is 0.337 e. The number of amides is 3. The molecule has 11 nitrogen and oxygen atoms in total. The Bertz CT molecular complexity index is 2050. The number of esters is 1. The zero-order valence-corrected chi connectivity index (χ0v) is 35.3. The van der Waals surface area contributed by atoms with Crippen LogP contribution >= 0.6 is 18.9 Å². The second-order valence-corrected chi connectivity index (χ2v) is 17.6. The zero-order chi connectivity index (χ0) is 41.0. The van der Waals surface area contributed by atoms with E-state index in [2.05, 4.69) is 10.6 Å². The summed E-state index contributed by atoms with van der Waals surface area (Å²) in [4.78, 5) is 55.6. The summed E-state index contributed by atoms with van der Waals surface area (Å²) in [7, 11) is -1.87. The molecule has 5 rings (SSSR count). The lowest BCUT2D eigenvalue weighted by Gasteiger charge is -2.27. The molecule has 13 heteroatoms. The minimum atomic E-state index is -3.24. The summed E-state index contributed by atoms with van der Waals surface area (Å²) in [5.41, 5.74) is 6.11. The highest BCUT2D eigenvalue weighted by Gasteiger charge is 2.28. The van der Waals surface area contributed by atoms with Crippen LogP contribution in [0.3, 0.4) is 0 Å². The van der Waals surface area contributed by atoms with Crippen LogP contribution in [-0.2, 0) is 55.4 Å². The van der Waals surface area contributed by atoms with Gasteiger partial charge in [0, 0.05) is 35.1 Å². The van der Waals surface area contributed by atoms with E-state index in [4.69, 9.17) is 13.8 Å². The van der Waals surface area contributed by atoms with Crippen molar-refractivity contribution in [1.29, 1.82) is 0 Å². The number of thiophene rings is 1. The van der Waals surface area contributed by atoms with E-state index in [-0.39, 0.29) is 55.5 Å². The molecule has 0 atom stereocenters. The second-order valence-electron chi connectivity index (χ2n) is 14.3. The molecule has 0 bridgehead atoms. The van der Waals surface area contributed by atoms with Crippen LogP contribution in [0.1, 0.15) is 112 Å². The second kappa shape index (κ2) is 20.7. The third kappa shape index (κ3) is 12.0. The molecule has 1 aliphatic rings. The van der Waals surface area contributed by atoms with Gasteiger partial charge in [0.05, 0.1) is 37.6 Å². The van der Waals surface area contributed by atoms with E-state index in [1.807, 2.05) is 56.3 Å². The number of carbonyl (C=O) groups is 4. The van der Waals surface area contributed by atoms with Gasteiger partial charge in [-0.2, -0.15) is 0 Å². The zero-order valence-electron chi connectivity index (χ0n) is 33.6. The molecule has 0 aliphatic heterocycles. The van der Waals surface area contributed by atoms with Crippen LogP contribution in [0.2, 0.25) is 0 Å². The number of nitrogens with zero attached hydrogens (tertiary/aromatic N) is 1. The van der Waals surface area contributed by atoms with Gasteiger partial charge in [0.25, 0.3) is 11.8 Å². The first kappa shape index (κ1) is 43.5. The molecule has 304 valence electrons. The molecular formula is C44H54N3O8PS. The van der Waals surface area contributed by atoms with Crippen LogP contribution in [0.15, 0.2) is 72.8 Å². The smallest absolute Gasteiger partial charge is 0.337 e. The highest BCUT2D eigenvalue weighted by molar-refractivity contribution is 7.53. The first-order valence-corrected chi connectivity index (χ1v) is 22.3. The summed E-state index contributed by atoms with van der Waals surface area (Å²) in [6.07, 6.45) is 5.95. The highest BCUT2D eigenvalue weighted by atomic mass is 32.1. The summed E-state index contributed by atoms with van der Waals surface area (Å²) in [5, 5.41) is 6.65. The Kier molecular flexibility index (Phi) is 15.8. The highest BCUT2D eigenvalue weighted by Crippen LogP contribution is 2.48. The number of hydrogen-bond donors (Lipinski definition) is 2. The number of rotatable bonds is 19. The van der Waals surface area contributed by atoms with Gasteiger partial charge in [0.15, 0.2) is 0 Å². The Hall–Kier alpha value is -4.61. The van der Waals surface area contributed by atoms with Crippen molar-refractivity contribution in [3.8, 4) is 0 Å². The molecule has 3 amide bonds. The summed E-state index contributed by atoms with van der Waals surface area (Å²) in [6.45, 7) is 8.25. The van der Waals surface area contributed by atoms with E-state index in [0.29, 0.717) is 40.3 Å². The van der Waals surface area contributed by atoms with E-state index in [1.165, 1.54) is 18.4 Å². The molecule has 1 heterocycles. The van der Waals surface area contributed by atoms with E-state index < -0.39 is 7.60 Å². The van der Waals surface area contributed by atoms with Crippen LogP contribution in [0.25, 0.3) is 0 Å². The molecule has 0 spiro atoms. The van der Waals surface area contributed by atoms with Crippen LogP contribution < -0.4 is 10.6 Å². The summed E-state index contributed by atoms with van der Waals surface area (Å²) in [6, 6.07) is 22.2. The molecule has 0 fully saturated rings. The Balaban J connectivity index is 1.23. The number of hydrogen-bond acceptors (Lipinski definition) is 9. The maximum absolute atomic E-state index is 13.9. The molecule has 0 unspecified atom stereocenters. The van der Waals surface area contributed by atoms with Gasteiger partial charge in [-0.05, 0) is 131 Å². The molecule has 57 heavy (non-hydrogen) atoms. The number of ether oxygens (including phenoxy) is 1. The van der Waals surface area contributed by atoms with Crippen LogP contribution in [0, 0.1) is 0 Å². The lowest BCUT2D eigenvalue weighted by Crippen LogP contribution is -2.36. The first-order valence-electron chi connectivity index (χ1n) is 19.7. The molecular weight excluding hydrogens is 762 g/mol. The number of carbonyl (C=O) groups excluding carboxylic acids is 4. The standard InChI is InChI=1S/C44H54N3O8PS/c1-6-54-56(52,55-7-2)27-11-16-39(48)47(30(3)4)29-33-12-10-13-35(28-33)41(49)46-43-40(37-14-8-9-15-38(37)57-43)42(50)45-36-25-21-32(22-26-36)18-17-31-19-23-34(24-20-31)44(51)53-5/h10,12-13,19-26,28,30H,6-9,11,14-18,27,29H2,1-5H3,(H,45,50)(H,46,49). The van der Waals surface area contributed by atoms with Gasteiger partial charge in [-0.1, -0.05) is 36.4 Å². The van der Waals surface area contributed by atoms with Gasteiger partial charge >= 0.3 is 13.6 Å². The SMILES string of the molecule is CCOP(=O)(CCCC(=O)N(Cc1cccc(C(=O)Nc2sc3c(c2C(=O)Nc2ccc(CCc4ccc(C(=O)OC)cc4)cc2)CCCC3)c1)C(C)C)OCC. The van der Waals surface area contributed by atoms with Crippen molar-refractivity contribution in [1.82, 2.24) is 4.90 Å². The first-order chi connectivity index (χ1) is 27.4. The topological polar surface area (TPSA) is 140 Å². The van der Waals surface area contributed by atoms with Crippen molar-refractivity contribution in [2.45, 2.75) is 91.6 Å². The molecule has 0 saturated carbocycles. The summed E-state index contributed by atoms with van der Waals surface area (Å²) in [5.74, 6) is -1.04. The largest absolute Gasteiger partial charge is 0.465 e. The Labute approximate surface area is 340 Å². The average molecular weight is 816 g/mol. The van der Waals surface area contributed by atoms with Crippen molar-refractivity contribution in [2.75, 3.05) is 37.1 Å². The van der Waals surface area contributed by atoms with E-state index in [9.17, 15) is 23.7 Å². The lowest BCUT2D eigenvalue weighted by atomic mass is 9.95. The number of methoxy groups -OCH3 is 1. The quantitative estimate of drug-likeness (QED) is 0.0705. The number of anilines is 2. The number of fused-ring (bicyclic) bond motifs is 1. The van der Waals surface area contributed by atoms with Gasteiger partial charge in [0.1, 0.15) is 5.00 Å². The normalized spacial score (nSPS) is 12.5. The molecule has 0 radical (unpaired) electrons. The molecule has 4 aromatic rings. The van der Waals surface area contributed by atoms with Crippen molar-refractivity contribution >= 4 is 53.3 Å². The van der Waals surface area contributed by atoms with Gasteiger partial charge in [-0.15, -0.1) is 11.3 Å². The monoisotopic (exact) mass is 815 g/mol. The van der Waals surface area contributed by atoms with E-state index in [0.717, 1.165) is 65.7 Å². The number of aryl methyl sites for hydroxylation is 3. The van der Waals surface area contributed by atoms with Crippen LogP contribution in [0.5, 0.6) is 0 Å². The molecule has 0 saturated heterocycles. The van der Waals surface area contributed by atoms with Gasteiger partial charge in [-0.25, -0.2) is 4.79 Å². The van der Waals surface area contributed by atoms with E-state index >= 15 is 0 Å². The number of nitrogens with one attached hydrogen (secondary N) is 2. The average Bonchev–Trinajstić information content (AvgIpc) is 3.57. The summed E-state index contributed by atoms with van der Waals surface area (Å²) >= 11 is 1.46. The fourth-order valence-electron chi connectivity index (χ4n) is 6.93. The molecule has 2 N–H and O–H groups in total. The van der Waals surface area contributed by atoms with Gasteiger partial charge in [-0.3, -0.25) is 18.9 Å². The Morgan fingerprint density at radius 1 is 0.807 bits per heavy atom. The maximum atomic E-state index is 13.9. The number of benzene rings is 3. The third-order valence-electron chi connectivity index (χ3n) is 9.87. The van der Waals surface area contributed by atoms with Crippen LogP contribution in [-0.4, -0.2) is 61.1 Å². The van der Waals surface area contributed by atoms with Crippen molar-refractivity contribution in [3.05, 3.63) is 117 Å². The van der Waals surface area contributed by atoms with Crippen molar-refractivity contribution in [3.63, 3.8) is 0 Å². The predicted octanol–water partition coefficient (Wildman–Crippen LogP) is 9.49. The minimum Gasteiger partial charge on any atom is -0.465 e. The lowest BCUT2D eigenvalue weighted by molar-refractivity contribution is -0.133. The Morgan fingerprint density at radius 2 is 1.46 bits per heavy atom. The van der Waals surface area contributed by atoms with E-state index in [1.54, 1.807) is 49.1 Å². The van der Waals surface area contributed by atoms with Crippen LogP contribution in [0.4, 0.5) is 10.7 Å². The molecule has 3 aromatic carbocycles. The molecule has 1 aromatic heterocycles. The van der Waals surface area contributed by atoms with Crippen molar-refractivity contribution in [2.24, 2.45) is 0 Å². The Morgan fingerprint density at radius 3 is 2.09 bits per heavy atom. The third-order valence-corrected chi connectivity index (χ3v) is 13.2. The fourth-order valence-corrected chi connectivity index (χ4v) is 9.87. The van der Waals surface area contributed by atoms with Crippen molar-refractivity contribution < 1.29 is 37.5 Å². The molecule has 1 aliphatic carbocycles. The minimum absolute atomic E-state index is 0.0854. The van der Waals surface area contributed by atoms with Gasteiger partial charge in [0.2, 0.25) is 5.91 Å². The summed E-state index contributed by atoms with van der Waals surface area (Å²) < 4.78 is 28.4. The fraction of sp³-hybridized carbons (Fsp3) is 0.409. The van der Waals surface area contributed by atoms with Gasteiger partial charge < -0.3 is 29.3 Å².